The van der Waals surface area contributed by atoms with E-state index in [0.717, 1.165) is 30.0 Å². The van der Waals surface area contributed by atoms with E-state index in [1.807, 2.05) is 24.0 Å². The number of aryl methyl sites for hydroxylation is 1. The van der Waals surface area contributed by atoms with Crippen molar-refractivity contribution in [3.63, 3.8) is 0 Å². The van der Waals surface area contributed by atoms with Gasteiger partial charge in [-0.2, -0.15) is 5.10 Å². The van der Waals surface area contributed by atoms with Crippen molar-refractivity contribution < 1.29 is 4.74 Å². The summed E-state index contributed by atoms with van der Waals surface area (Å²) in [6.07, 6.45) is 6.46. The molecule has 2 aromatic heterocycles. The third kappa shape index (κ3) is 2.93. The summed E-state index contributed by atoms with van der Waals surface area (Å²) in [5.74, 6) is 0.792. The number of ether oxygens (including phenoxy) is 1. The van der Waals surface area contributed by atoms with Gasteiger partial charge in [0, 0.05) is 19.4 Å². The molecule has 0 saturated carbocycles. The molecule has 5 nitrogen and oxygen atoms in total. The summed E-state index contributed by atoms with van der Waals surface area (Å²) >= 11 is 0. The fourth-order valence-electron chi connectivity index (χ4n) is 2.12. The molecule has 0 bridgehead atoms. The summed E-state index contributed by atoms with van der Waals surface area (Å²) in [5.41, 5.74) is 2.13. The normalized spacial score (nSPS) is 12.4. The minimum Gasteiger partial charge on any atom is -0.493 e. The molecule has 0 fully saturated rings. The van der Waals surface area contributed by atoms with Crippen LogP contribution in [0.1, 0.15) is 30.6 Å². The van der Waals surface area contributed by atoms with Gasteiger partial charge in [-0.05, 0) is 24.6 Å². The van der Waals surface area contributed by atoms with E-state index >= 15 is 0 Å². The zero-order valence-electron chi connectivity index (χ0n) is 11.6. The summed E-state index contributed by atoms with van der Waals surface area (Å²) in [5, 5.41) is 7.80. The molecule has 1 unspecified atom stereocenters. The Balaban J connectivity index is 2.40. The second kappa shape index (κ2) is 6.33. The van der Waals surface area contributed by atoms with Crippen LogP contribution in [-0.2, 0) is 7.05 Å². The molecule has 0 radical (unpaired) electrons. The number of aromatic nitrogens is 3. The highest BCUT2D eigenvalue weighted by atomic mass is 16.5. The Morgan fingerprint density at radius 1 is 1.42 bits per heavy atom. The van der Waals surface area contributed by atoms with E-state index in [1.54, 1.807) is 19.5 Å². The highest BCUT2D eigenvalue weighted by Crippen LogP contribution is 2.28. The van der Waals surface area contributed by atoms with Crippen LogP contribution in [0.3, 0.4) is 0 Å². The number of nitrogens with zero attached hydrogens (tertiary/aromatic N) is 3. The van der Waals surface area contributed by atoms with E-state index in [9.17, 15) is 0 Å². The van der Waals surface area contributed by atoms with Crippen LogP contribution in [0.15, 0.2) is 30.7 Å². The largest absolute Gasteiger partial charge is 0.493 e. The Hall–Kier alpha value is -1.88. The van der Waals surface area contributed by atoms with Crippen LogP contribution in [0.25, 0.3) is 0 Å². The predicted molar refractivity (Wildman–Crippen MR) is 74.1 cm³/mol. The Morgan fingerprint density at radius 2 is 2.26 bits per heavy atom. The predicted octanol–water partition coefficient (Wildman–Crippen LogP) is 1.91. The van der Waals surface area contributed by atoms with Crippen LogP contribution < -0.4 is 10.1 Å². The monoisotopic (exact) mass is 260 g/mol. The SMILES string of the molecule is CCCNC(c1cccnc1)c1c(OC)cnn1C. The molecule has 0 aliphatic carbocycles. The van der Waals surface area contributed by atoms with Gasteiger partial charge in [0.05, 0.1) is 19.3 Å². The highest BCUT2D eigenvalue weighted by molar-refractivity contribution is 5.35. The first kappa shape index (κ1) is 13.5. The molecule has 0 amide bonds. The average Bonchev–Trinajstić information content (AvgIpc) is 2.82. The molecule has 1 N–H and O–H groups in total. The van der Waals surface area contributed by atoms with Crippen LogP contribution in [0.4, 0.5) is 0 Å². The first-order chi connectivity index (χ1) is 9.27. The average molecular weight is 260 g/mol. The van der Waals surface area contributed by atoms with E-state index in [1.165, 1.54) is 0 Å². The van der Waals surface area contributed by atoms with Gasteiger partial charge in [0.2, 0.25) is 0 Å². The summed E-state index contributed by atoms with van der Waals surface area (Å²) in [6, 6.07) is 4.04. The third-order valence-electron chi connectivity index (χ3n) is 3.06. The summed E-state index contributed by atoms with van der Waals surface area (Å²) < 4.78 is 7.25. The summed E-state index contributed by atoms with van der Waals surface area (Å²) in [7, 11) is 3.59. The number of nitrogens with one attached hydrogen (secondary N) is 1. The van der Waals surface area contributed by atoms with Crippen molar-refractivity contribution in [2.24, 2.45) is 7.05 Å². The van der Waals surface area contributed by atoms with Crippen molar-refractivity contribution in [2.75, 3.05) is 13.7 Å². The highest BCUT2D eigenvalue weighted by Gasteiger charge is 2.21. The van der Waals surface area contributed by atoms with E-state index in [2.05, 4.69) is 28.4 Å². The lowest BCUT2D eigenvalue weighted by molar-refractivity contribution is 0.400. The van der Waals surface area contributed by atoms with Crippen molar-refractivity contribution in [2.45, 2.75) is 19.4 Å². The molecule has 2 heterocycles. The van der Waals surface area contributed by atoms with Crippen molar-refractivity contribution in [3.8, 4) is 5.75 Å². The fraction of sp³-hybridized carbons (Fsp3) is 0.429. The maximum atomic E-state index is 5.40. The standard InChI is InChI=1S/C14H20N4O/c1-4-7-16-13(11-6-5-8-15-9-11)14-12(19-3)10-17-18(14)2/h5-6,8-10,13,16H,4,7H2,1-3H3. The molecular weight excluding hydrogens is 240 g/mol. The Morgan fingerprint density at radius 3 is 2.89 bits per heavy atom. The Bertz CT molecular complexity index is 509. The van der Waals surface area contributed by atoms with Crippen molar-refractivity contribution in [1.82, 2.24) is 20.1 Å². The molecule has 0 saturated heterocycles. The number of hydrogen-bond acceptors (Lipinski definition) is 4. The second-order valence-corrected chi connectivity index (χ2v) is 4.40. The maximum absolute atomic E-state index is 5.40. The van der Waals surface area contributed by atoms with Gasteiger partial charge in [-0.15, -0.1) is 0 Å². The van der Waals surface area contributed by atoms with Crippen LogP contribution in [0.5, 0.6) is 5.75 Å². The van der Waals surface area contributed by atoms with Crippen LogP contribution in [-0.4, -0.2) is 28.4 Å². The topological polar surface area (TPSA) is 52.0 Å². The van der Waals surface area contributed by atoms with Crippen LogP contribution in [0, 0.1) is 0 Å². The lowest BCUT2D eigenvalue weighted by atomic mass is 10.0. The smallest absolute Gasteiger partial charge is 0.161 e. The Kier molecular flexibility index (Phi) is 4.52. The van der Waals surface area contributed by atoms with Crippen LogP contribution >= 0.6 is 0 Å². The number of pyridine rings is 1. The molecular formula is C14H20N4O. The molecule has 1 atom stereocenters. The zero-order valence-corrected chi connectivity index (χ0v) is 11.6. The molecule has 0 aliphatic heterocycles. The Labute approximate surface area is 113 Å². The molecule has 0 aromatic carbocycles. The molecule has 102 valence electrons. The summed E-state index contributed by atoms with van der Waals surface area (Å²) in [4.78, 5) is 4.20. The van der Waals surface area contributed by atoms with Gasteiger partial charge in [0.15, 0.2) is 5.75 Å². The lowest BCUT2D eigenvalue weighted by Crippen LogP contribution is -2.25. The van der Waals surface area contributed by atoms with Gasteiger partial charge in [-0.25, -0.2) is 0 Å². The van der Waals surface area contributed by atoms with E-state index in [0.29, 0.717) is 0 Å². The van der Waals surface area contributed by atoms with Gasteiger partial charge in [0.25, 0.3) is 0 Å². The van der Waals surface area contributed by atoms with E-state index < -0.39 is 0 Å². The third-order valence-corrected chi connectivity index (χ3v) is 3.06. The van der Waals surface area contributed by atoms with E-state index in [4.69, 9.17) is 4.74 Å². The van der Waals surface area contributed by atoms with Gasteiger partial charge >= 0.3 is 0 Å². The minimum atomic E-state index is 0.0381. The molecule has 19 heavy (non-hydrogen) atoms. The van der Waals surface area contributed by atoms with Crippen LogP contribution in [0.2, 0.25) is 0 Å². The maximum Gasteiger partial charge on any atom is 0.161 e. The quantitative estimate of drug-likeness (QED) is 0.862. The lowest BCUT2D eigenvalue weighted by Gasteiger charge is -2.20. The summed E-state index contributed by atoms with van der Waals surface area (Å²) in [6.45, 7) is 3.07. The van der Waals surface area contributed by atoms with Gasteiger partial charge in [0.1, 0.15) is 5.69 Å². The zero-order chi connectivity index (χ0) is 13.7. The first-order valence-corrected chi connectivity index (χ1v) is 6.47. The van der Waals surface area contributed by atoms with Gasteiger partial charge in [-0.3, -0.25) is 9.67 Å². The molecule has 2 aromatic rings. The molecule has 0 spiro atoms. The number of rotatable bonds is 6. The fourth-order valence-corrected chi connectivity index (χ4v) is 2.12. The molecule has 0 aliphatic rings. The number of methoxy groups -OCH3 is 1. The van der Waals surface area contributed by atoms with Crippen molar-refractivity contribution in [1.29, 1.82) is 0 Å². The van der Waals surface area contributed by atoms with Crippen molar-refractivity contribution >= 4 is 0 Å². The first-order valence-electron chi connectivity index (χ1n) is 6.47. The molecule has 2 rings (SSSR count). The number of hydrogen-bond donors (Lipinski definition) is 1. The van der Waals surface area contributed by atoms with E-state index in [-0.39, 0.29) is 6.04 Å². The molecule has 5 heteroatoms. The van der Waals surface area contributed by atoms with Gasteiger partial charge in [-0.1, -0.05) is 13.0 Å². The minimum absolute atomic E-state index is 0.0381. The second-order valence-electron chi connectivity index (χ2n) is 4.40. The van der Waals surface area contributed by atoms with Crippen molar-refractivity contribution in [3.05, 3.63) is 42.0 Å². The van der Waals surface area contributed by atoms with Gasteiger partial charge < -0.3 is 10.1 Å².